The van der Waals surface area contributed by atoms with Gasteiger partial charge in [0.2, 0.25) is 0 Å². The maximum Gasteiger partial charge on any atom is 0.460 e. The van der Waals surface area contributed by atoms with Crippen LogP contribution < -0.4 is 14.2 Å². The van der Waals surface area contributed by atoms with Crippen molar-refractivity contribution in [1.29, 1.82) is 0 Å². The second kappa shape index (κ2) is 20.7. The molecule has 0 fully saturated rings. The predicted molar refractivity (Wildman–Crippen MR) is 192 cm³/mol. The van der Waals surface area contributed by atoms with Crippen molar-refractivity contribution >= 4 is 17.9 Å². The van der Waals surface area contributed by atoms with Gasteiger partial charge < -0.3 is 18.9 Å². The molecule has 61 heavy (non-hydrogen) atoms. The zero-order valence-corrected chi connectivity index (χ0v) is 32.6. The van der Waals surface area contributed by atoms with E-state index in [0.717, 1.165) is 32.1 Å². The number of alkyl halides is 13. The summed E-state index contributed by atoms with van der Waals surface area (Å²) in [4.78, 5) is 37.7. The third kappa shape index (κ3) is 12.5. The Balaban J connectivity index is 1.40. The van der Waals surface area contributed by atoms with Crippen molar-refractivity contribution in [2.75, 3.05) is 6.61 Å². The van der Waals surface area contributed by atoms with Crippen molar-refractivity contribution < 1.29 is 90.4 Å². The van der Waals surface area contributed by atoms with Crippen LogP contribution in [0.4, 0.5) is 57.1 Å². The maximum absolute atomic E-state index is 13.9. The Morgan fingerprint density at radius 2 is 0.902 bits per heavy atom. The molecule has 0 saturated heterocycles. The van der Waals surface area contributed by atoms with E-state index in [1.165, 1.54) is 72.8 Å². The summed E-state index contributed by atoms with van der Waals surface area (Å²) in [5, 5.41) is 0. The van der Waals surface area contributed by atoms with Gasteiger partial charge in [0.25, 0.3) is 0 Å². The first-order valence-corrected chi connectivity index (χ1v) is 18.8. The SMILES string of the molecule is CCCCCCC(C)OC(=O)c1ccc(OC(=O)c2ccc(OC(=O)c3ccc(OCCCCCCC(F)(F)C(F)(F)C(F)(F)C(F)(F)C(F)(F)C(F)(F)F)cc3)cc2)cc1. The first-order chi connectivity index (χ1) is 28.3. The van der Waals surface area contributed by atoms with Gasteiger partial charge in [0.15, 0.2) is 0 Å². The van der Waals surface area contributed by atoms with E-state index in [4.69, 9.17) is 18.9 Å². The molecule has 3 aromatic rings. The summed E-state index contributed by atoms with van der Waals surface area (Å²) in [5.74, 6) is -38.5. The molecular formula is C41H41F13O7. The number of hydrogen-bond acceptors (Lipinski definition) is 7. The highest BCUT2D eigenvalue weighted by molar-refractivity contribution is 5.93. The van der Waals surface area contributed by atoms with Crippen molar-refractivity contribution in [2.24, 2.45) is 0 Å². The largest absolute Gasteiger partial charge is 0.494 e. The molecule has 7 nitrogen and oxygen atoms in total. The Bertz CT molecular complexity index is 1880. The lowest BCUT2D eigenvalue weighted by atomic mass is 9.91. The molecular weight excluding hydrogens is 851 g/mol. The predicted octanol–water partition coefficient (Wildman–Crippen LogP) is 12.7. The number of halogens is 13. The van der Waals surface area contributed by atoms with E-state index < -0.39 is 73.0 Å². The second-order valence-electron chi connectivity index (χ2n) is 13.9. The molecule has 338 valence electrons. The van der Waals surface area contributed by atoms with Crippen LogP contribution in [-0.4, -0.2) is 66.4 Å². The van der Waals surface area contributed by atoms with E-state index in [-0.39, 0.29) is 53.9 Å². The standard InChI is InChI=1S/C41H41F13O7/c1-3-4-5-8-11-26(2)59-33(55)27-14-20-31(21-15-27)61-35(57)29-16-22-32(23-17-29)60-34(56)28-12-18-30(19-13-28)58-25-10-7-6-9-24-36(42,43)37(44,45)38(46,47)39(48,49)40(50,51)41(52,53)54/h12-23,26H,3-11,24-25H2,1-2H3. The molecule has 0 aliphatic heterocycles. The molecule has 0 aliphatic carbocycles. The van der Waals surface area contributed by atoms with Gasteiger partial charge in [-0.25, -0.2) is 14.4 Å². The van der Waals surface area contributed by atoms with Gasteiger partial charge in [0.1, 0.15) is 17.2 Å². The normalized spacial score (nSPS) is 13.4. The Morgan fingerprint density at radius 1 is 0.492 bits per heavy atom. The lowest BCUT2D eigenvalue weighted by molar-refractivity contribution is -0.440. The van der Waals surface area contributed by atoms with Gasteiger partial charge in [-0.2, -0.15) is 57.1 Å². The number of rotatable bonds is 23. The van der Waals surface area contributed by atoms with Crippen LogP contribution in [0.3, 0.4) is 0 Å². The summed E-state index contributed by atoms with van der Waals surface area (Å²) < 4.78 is 194. The average Bonchev–Trinajstić information content (AvgIpc) is 3.19. The van der Waals surface area contributed by atoms with Gasteiger partial charge in [0, 0.05) is 6.42 Å². The smallest absolute Gasteiger partial charge is 0.460 e. The lowest BCUT2D eigenvalue weighted by Gasteiger charge is -2.39. The van der Waals surface area contributed by atoms with Gasteiger partial charge in [0.05, 0.1) is 29.4 Å². The number of unbranched alkanes of at least 4 members (excludes halogenated alkanes) is 6. The molecule has 0 aromatic heterocycles. The summed E-state index contributed by atoms with van der Waals surface area (Å²) in [5.41, 5.74) is 0.470. The zero-order valence-electron chi connectivity index (χ0n) is 32.6. The van der Waals surface area contributed by atoms with Gasteiger partial charge in [-0.3, -0.25) is 0 Å². The third-order valence-electron chi connectivity index (χ3n) is 9.12. The van der Waals surface area contributed by atoms with Crippen LogP contribution in [-0.2, 0) is 4.74 Å². The van der Waals surface area contributed by atoms with Gasteiger partial charge in [-0.05, 0) is 105 Å². The minimum Gasteiger partial charge on any atom is -0.494 e. The fourth-order valence-corrected chi connectivity index (χ4v) is 5.46. The first-order valence-electron chi connectivity index (χ1n) is 18.8. The van der Waals surface area contributed by atoms with Gasteiger partial charge >= 0.3 is 53.7 Å². The summed E-state index contributed by atoms with van der Waals surface area (Å²) >= 11 is 0. The molecule has 1 atom stereocenters. The molecule has 3 rings (SSSR count). The number of esters is 3. The van der Waals surface area contributed by atoms with Crippen LogP contribution in [0, 0.1) is 0 Å². The van der Waals surface area contributed by atoms with E-state index in [2.05, 4.69) is 6.92 Å². The summed E-state index contributed by atoms with van der Waals surface area (Å²) in [6.45, 7) is 3.81. The van der Waals surface area contributed by atoms with Crippen LogP contribution in [0.15, 0.2) is 72.8 Å². The van der Waals surface area contributed by atoms with E-state index in [9.17, 15) is 71.5 Å². The Labute approximate surface area is 341 Å². The van der Waals surface area contributed by atoms with Crippen molar-refractivity contribution in [3.8, 4) is 17.2 Å². The zero-order chi connectivity index (χ0) is 45.9. The number of carbonyl (C=O) groups excluding carboxylic acids is 3. The molecule has 0 aliphatic rings. The van der Waals surface area contributed by atoms with Gasteiger partial charge in [-0.1, -0.05) is 39.0 Å². The highest BCUT2D eigenvalue weighted by Crippen LogP contribution is 2.60. The maximum atomic E-state index is 13.9. The lowest BCUT2D eigenvalue weighted by Crippen LogP contribution is -2.70. The Morgan fingerprint density at radius 3 is 1.36 bits per heavy atom. The van der Waals surface area contributed by atoms with E-state index in [0.29, 0.717) is 5.56 Å². The van der Waals surface area contributed by atoms with Crippen molar-refractivity contribution in [3.63, 3.8) is 0 Å². The molecule has 0 saturated carbocycles. The molecule has 0 radical (unpaired) electrons. The molecule has 0 N–H and O–H groups in total. The van der Waals surface area contributed by atoms with Crippen LogP contribution in [0.2, 0.25) is 0 Å². The monoisotopic (exact) mass is 892 g/mol. The molecule has 20 heteroatoms. The van der Waals surface area contributed by atoms with Crippen LogP contribution in [0.1, 0.15) is 109 Å². The first kappa shape index (κ1) is 50.3. The van der Waals surface area contributed by atoms with Crippen molar-refractivity contribution in [3.05, 3.63) is 89.5 Å². The summed E-state index contributed by atoms with van der Waals surface area (Å²) in [7, 11) is 0. The van der Waals surface area contributed by atoms with Crippen LogP contribution in [0.25, 0.3) is 0 Å². The highest BCUT2D eigenvalue weighted by Gasteiger charge is 2.90. The molecule has 0 bridgehead atoms. The molecule has 0 spiro atoms. The fourth-order valence-electron chi connectivity index (χ4n) is 5.46. The Hall–Kier alpha value is -5.04. The number of ether oxygens (including phenoxy) is 4. The topological polar surface area (TPSA) is 88.1 Å². The third-order valence-corrected chi connectivity index (χ3v) is 9.12. The van der Waals surface area contributed by atoms with Crippen molar-refractivity contribution in [2.45, 2.75) is 120 Å². The van der Waals surface area contributed by atoms with Crippen LogP contribution >= 0.6 is 0 Å². The minimum atomic E-state index is -7.92. The molecule has 0 heterocycles. The Kier molecular flexibility index (Phi) is 17.1. The second-order valence-corrected chi connectivity index (χ2v) is 13.9. The van der Waals surface area contributed by atoms with E-state index in [1.54, 1.807) is 0 Å². The van der Waals surface area contributed by atoms with Crippen molar-refractivity contribution in [1.82, 2.24) is 0 Å². The summed E-state index contributed by atoms with van der Waals surface area (Å²) in [6.07, 6.45) is -6.43. The minimum absolute atomic E-state index is 0.0444. The molecule has 1 unspecified atom stereocenters. The van der Waals surface area contributed by atoms with Gasteiger partial charge in [-0.15, -0.1) is 0 Å². The number of carbonyl (C=O) groups is 3. The summed E-state index contributed by atoms with van der Waals surface area (Å²) in [6, 6.07) is 16.5. The molecule has 3 aromatic carbocycles. The number of benzene rings is 3. The van der Waals surface area contributed by atoms with Crippen LogP contribution in [0.5, 0.6) is 17.2 Å². The highest BCUT2D eigenvalue weighted by atomic mass is 19.4. The quantitative estimate of drug-likeness (QED) is 0.0405. The van der Waals surface area contributed by atoms with E-state index >= 15 is 0 Å². The van der Waals surface area contributed by atoms with E-state index in [1.807, 2.05) is 6.92 Å². The fraction of sp³-hybridized carbons (Fsp3) is 0.488. The number of hydrogen-bond donors (Lipinski definition) is 0. The average molecular weight is 893 g/mol. The molecule has 0 amide bonds.